The van der Waals surface area contributed by atoms with Crippen molar-refractivity contribution in [2.24, 2.45) is 0 Å². The maximum atomic E-state index is 12.9. The molecule has 2 aromatic rings. The predicted molar refractivity (Wildman–Crippen MR) is 132 cm³/mol. The fraction of sp³-hybridized carbons (Fsp3) is 0.400. The van der Waals surface area contributed by atoms with Gasteiger partial charge >= 0.3 is 0 Å². The molecular weight excluding hydrogens is 468 g/mol. The maximum Gasteiger partial charge on any atom is 0.261 e. The minimum Gasteiger partial charge on any atom is -0.355 e. The van der Waals surface area contributed by atoms with Crippen LogP contribution in [-0.2, 0) is 29.8 Å². The Balaban J connectivity index is 1.32. The summed E-state index contributed by atoms with van der Waals surface area (Å²) >= 11 is 0. The summed E-state index contributed by atoms with van der Waals surface area (Å²) < 4.78 is 28.0. The third-order valence-electron chi connectivity index (χ3n) is 6.42. The van der Waals surface area contributed by atoms with Crippen molar-refractivity contribution < 1.29 is 22.8 Å². The number of benzene rings is 2. The molecule has 186 valence electrons. The summed E-state index contributed by atoms with van der Waals surface area (Å²) in [5, 5.41) is 5.60. The predicted octanol–water partition coefficient (Wildman–Crippen LogP) is 2.61. The van der Waals surface area contributed by atoms with Gasteiger partial charge in [-0.2, -0.15) is 0 Å². The first-order valence-electron chi connectivity index (χ1n) is 11.8. The van der Waals surface area contributed by atoms with Crippen molar-refractivity contribution in [2.75, 3.05) is 29.7 Å². The highest BCUT2D eigenvalue weighted by Crippen LogP contribution is 2.48. The maximum absolute atomic E-state index is 12.9. The van der Waals surface area contributed by atoms with E-state index < -0.39 is 15.4 Å². The van der Waals surface area contributed by atoms with E-state index in [1.807, 2.05) is 4.90 Å². The van der Waals surface area contributed by atoms with Gasteiger partial charge in [0, 0.05) is 44.4 Å². The number of carbonyl (C=O) groups excluding carboxylic acids is 3. The Bertz CT molecular complexity index is 1210. The second-order valence-corrected chi connectivity index (χ2v) is 10.7. The minimum atomic E-state index is -3.80. The second-order valence-electron chi connectivity index (χ2n) is 9.06. The molecule has 2 fully saturated rings. The fourth-order valence-electron chi connectivity index (χ4n) is 4.35. The van der Waals surface area contributed by atoms with E-state index >= 15 is 0 Å². The molecule has 1 heterocycles. The van der Waals surface area contributed by atoms with Crippen molar-refractivity contribution in [3.05, 3.63) is 54.1 Å². The van der Waals surface area contributed by atoms with Crippen molar-refractivity contribution in [2.45, 2.75) is 49.3 Å². The van der Waals surface area contributed by atoms with Gasteiger partial charge in [0.05, 0.1) is 10.3 Å². The lowest BCUT2D eigenvalue weighted by Gasteiger charge is -2.18. The van der Waals surface area contributed by atoms with Gasteiger partial charge in [-0.25, -0.2) is 8.42 Å². The fourth-order valence-corrected chi connectivity index (χ4v) is 5.40. The van der Waals surface area contributed by atoms with Crippen molar-refractivity contribution in [3.63, 3.8) is 0 Å². The molecule has 1 aliphatic carbocycles. The Labute approximate surface area is 205 Å². The summed E-state index contributed by atoms with van der Waals surface area (Å²) in [6.45, 7) is 3.36. The number of hydrogen-bond donors (Lipinski definition) is 3. The Hall–Kier alpha value is -3.40. The highest BCUT2D eigenvalue weighted by Gasteiger charge is 2.51. The molecule has 2 aromatic carbocycles. The lowest BCUT2D eigenvalue weighted by atomic mass is 9.95. The van der Waals surface area contributed by atoms with Crippen molar-refractivity contribution >= 4 is 39.1 Å². The van der Waals surface area contributed by atoms with E-state index in [1.54, 1.807) is 24.3 Å². The lowest BCUT2D eigenvalue weighted by Crippen LogP contribution is -2.36. The third kappa shape index (κ3) is 5.82. The number of nitrogens with one attached hydrogen (secondary N) is 3. The van der Waals surface area contributed by atoms with Crippen LogP contribution in [0.25, 0.3) is 0 Å². The van der Waals surface area contributed by atoms with Crippen LogP contribution >= 0.6 is 0 Å². The van der Waals surface area contributed by atoms with Gasteiger partial charge in [-0.05, 0) is 67.6 Å². The van der Waals surface area contributed by atoms with Gasteiger partial charge in [-0.3, -0.25) is 19.1 Å². The van der Waals surface area contributed by atoms with Gasteiger partial charge < -0.3 is 15.5 Å². The summed E-state index contributed by atoms with van der Waals surface area (Å²) in [4.78, 5) is 37.6. The molecule has 2 aliphatic rings. The molecule has 3 amide bonds. The van der Waals surface area contributed by atoms with Gasteiger partial charge in [0.25, 0.3) is 10.0 Å². The number of likely N-dealkylation sites (tertiary alicyclic amines) is 1. The highest BCUT2D eigenvalue weighted by atomic mass is 32.2. The number of carbonyl (C=O) groups is 3. The van der Waals surface area contributed by atoms with Crippen LogP contribution in [0.15, 0.2) is 53.4 Å². The molecule has 9 nitrogen and oxygen atoms in total. The molecule has 35 heavy (non-hydrogen) atoms. The van der Waals surface area contributed by atoms with E-state index in [4.69, 9.17) is 0 Å². The molecule has 0 bridgehead atoms. The highest BCUT2D eigenvalue weighted by molar-refractivity contribution is 7.92. The monoisotopic (exact) mass is 498 g/mol. The van der Waals surface area contributed by atoms with Crippen LogP contribution in [0.5, 0.6) is 0 Å². The van der Waals surface area contributed by atoms with E-state index in [0.29, 0.717) is 30.9 Å². The number of hydrogen-bond acceptors (Lipinski definition) is 5. The Morgan fingerprint density at radius 1 is 1.00 bits per heavy atom. The third-order valence-corrected chi connectivity index (χ3v) is 7.82. The summed E-state index contributed by atoms with van der Waals surface area (Å²) in [5.41, 5.74) is 1.19. The van der Waals surface area contributed by atoms with Gasteiger partial charge in [0.1, 0.15) is 0 Å². The van der Waals surface area contributed by atoms with E-state index in [2.05, 4.69) is 15.4 Å². The van der Waals surface area contributed by atoms with Gasteiger partial charge in [0.2, 0.25) is 17.7 Å². The standard InChI is InChI=1S/C25H30N4O5S/c1-18(30)27-20-9-11-22(12-10-20)35(33,34)28-21-7-5-19(6-8-21)25(13-14-25)24(32)26-15-3-17-29-16-2-4-23(29)31/h5-12,28H,2-4,13-17H2,1H3,(H,26,32)(H,27,30). The molecular formula is C25H30N4O5S. The average Bonchev–Trinajstić information content (AvgIpc) is 3.53. The molecule has 4 rings (SSSR count). The first-order valence-corrected chi connectivity index (χ1v) is 13.3. The molecule has 0 atom stereocenters. The van der Waals surface area contributed by atoms with Crippen LogP contribution < -0.4 is 15.4 Å². The van der Waals surface area contributed by atoms with E-state index in [9.17, 15) is 22.8 Å². The normalized spacial score (nSPS) is 16.6. The Morgan fingerprint density at radius 2 is 1.66 bits per heavy atom. The molecule has 1 saturated heterocycles. The topological polar surface area (TPSA) is 125 Å². The molecule has 0 aromatic heterocycles. The molecule has 10 heteroatoms. The molecule has 0 spiro atoms. The zero-order valence-electron chi connectivity index (χ0n) is 19.7. The summed E-state index contributed by atoms with van der Waals surface area (Å²) in [6, 6.07) is 12.8. The number of amides is 3. The number of anilines is 2. The lowest BCUT2D eigenvalue weighted by molar-refractivity contribution is -0.127. The van der Waals surface area contributed by atoms with Crippen molar-refractivity contribution in [3.8, 4) is 0 Å². The van der Waals surface area contributed by atoms with Gasteiger partial charge in [0.15, 0.2) is 0 Å². The van der Waals surface area contributed by atoms with Crippen LogP contribution in [0.2, 0.25) is 0 Å². The van der Waals surface area contributed by atoms with Gasteiger partial charge in [-0.1, -0.05) is 12.1 Å². The second kappa shape index (κ2) is 10.1. The number of rotatable bonds is 10. The number of sulfonamides is 1. The largest absolute Gasteiger partial charge is 0.355 e. The molecule has 1 saturated carbocycles. The van der Waals surface area contributed by atoms with E-state index in [1.165, 1.54) is 31.2 Å². The first-order chi connectivity index (χ1) is 16.7. The molecule has 1 aliphatic heterocycles. The van der Waals surface area contributed by atoms with E-state index in [0.717, 1.165) is 37.8 Å². The number of nitrogens with zero attached hydrogens (tertiary/aromatic N) is 1. The Kier molecular flexibility index (Phi) is 7.11. The van der Waals surface area contributed by atoms with Crippen LogP contribution in [0.3, 0.4) is 0 Å². The van der Waals surface area contributed by atoms with Crippen LogP contribution in [0.1, 0.15) is 44.6 Å². The molecule has 0 unspecified atom stereocenters. The Morgan fingerprint density at radius 3 is 2.23 bits per heavy atom. The summed E-state index contributed by atoms with van der Waals surface area (Å²) in [7, 11) is -3.80. The zero-order chi connectivity index (χ0) is 25.1. The van der Waals surface area contributed by atoms with Crippen molar-refractivity contribution in [1.82, 2.24) is 10.2 Å². The quantitative estimate of drug-likeness (QED) is 0.434. The minimum absolute atomic E-state index is 0.0298. The molecule has 0 radical (unpaired) electrons. The van der Waals surface area contributed by atoms with Gasteiger partial charge in [-0.15, -0.1) is 0 Å². The van der Waals surface area contributed by atoms with Crippen LogP contribution in [0.4, 0.5) is 11.4 Å². The summed E-state index contributed by atoms with van der Waals surface area (Å²) in [6.07, 6.45) is 3.74. The van der Waals surface area contributed by atoms with Crippen molar-refractivity contribution in [1.29, 1.82) is 0 Å². The SMILES string of the molecule is CC(=O)Nc1ccc(S(=O)(=O)Nc2ccc(C3(C(=O)NCCCN4CCCC4=O)CC3)cc2)cc1. The van der Waals surface area contributed by atoms with Crippen LogP contribution in [-0.4, -0.2) is 50.7 Å². The smallest absolute Gasteiger partial charge is 0.261 e. The average molecular weight is 499 g/mol. The van der Waals surface area contributed by atoms with Crippen LogP contribution in [0, 0.1) is 0 Å². The molecule has 3 N–H and O–H groups in total. The first kappa shape index (κ1) is 24.7. The zero-order valence-corrected chi connectivity index (χ0v) is 20.5. The summed E-state index contributed by atoms with van der Waals surface area (Å²) in [5.74, 6) is -0.0787. The van der Waals surface area contributed by atoms with E-state index in [-0.39, 0.29) is 22.6 Å².